The number of carbonyl (C=O) groups excluding carboxylic acids is 2. The average Bonchev–Trinajstić information content (AvgIpc) is 2.21. The third kappa shape index (κ3) is 5.11. The monoisotopic (exact) mass is 228 g/mol. The molecule has 0 bridgehead atoms. The van der Waals surface area contributed by atoms with Crippen molar-refractivity contribution in [3.05, 3.63) is 0 Å². The normalized spacial score (nSPS) is 18.3. The second-order valence-corrected chi connectivity index (χ2v) is 4.32. The van der Waals surface area contributed by atoms with E-state index in [1.54, 1.807) is 0 Å². The average molecular weight is 228 g/mol. The van der Waals surface area contributed by atoms with E-state index >= 15 is 0 Å². The quantitative estimate of drug-likeness (QED) is 0.585. The van der Waals surface area contributed by atoms with E-state index in [-0.39, 0.29) is 5.91 Å². The Bertz CT molecular complexity index is 235. The summed E-state index contributed by atoms with van der Waals surface area (Å²) in [5.74, 6) is -0.185. The van der Waals surface area contributed by atoms with E-state index in [1.807, 2.05) is 0 Å². The maximum atomic E-state index is 11.5. The zero-order valence-corrected chi connectivity index (χ0v) is 9.97. The molecule has 3 amide bonds. The van der Waals surface area contributed by atoms with Crippen molar-refractivity contribution in [3.8, 4) is 0 Å². The summed E-state index contributed by atoms with van der Waals surface area (Å²) >= 11 is 0. The number of likely N-dealkylation sites (tertiary alicyclic amines) is 1. The van der Waals surface area contributed by atoms with Gasteiger partial charge in [0, 0.05) is 7.05 Å². The number of urea groups is 1. The molecule has 1 fully saturated rings. The smallest absolute Gasteiger partial charge is 0.321 e. The van der Waals surface area contributed by atoms with Gasteiger partial charge in [-0.05, 0) is 25.7 Å². The standard InChI is InChI=1S/C11H21N3O2/c1-12-11(16)13-10(15)9-14-7-5-3-2-4-6-8-14/h2-9H2,1H3,(H2,12,13,15,16)/p+1. The first-order valence-electron chi connectivity index (χ1n) is 6.07. The van der Waals surface area contributed by atoms with Gasteiger partial charge in [-0.1, -0.05) is 6.42 Å². The van der Waals surface area contributed by atoms with Gasteiger partial charge in [-0.25, -0.2) is 4.79 Å². The van der Waals surface area contributed by atoms with Crippen molar-refractivity contribution in [1.82, 2.24) is 10.6 Å². The Morgan fingerprint density at radius 1 is 1.06 bits per heavy atom. The number of quaternary nitrogens is 1. The van der Waals surface area contributed by atoms with Gasteiger partial charge in [0.15, 0.2) is 6.54 Å². The molecule has 0 aromatic carbocycles. The highest BCUT2D eigenvalue weighted by Crippen LogP contribution is 2.02. The third-order valence-corrected chi connectivity index (χ3v) is 2.95. The molecule has 0 atom stereocenters. The SMILES string of the molecule is CNC(=O)NC(=O)C[NH+]1CCCCCCC1. The molecule has 1 aliphatic heterocycles. The maximum Gasteiger partial charge on any atom is 0.321 e. The minimum atomic E-state index is -0.420. The molecule has 0 saturated carbocycles. The Hall–Kier alpha value is -1.10. The molecule has 92 valence electrons. The summed E-state index contributed by atoms with van der Waals surface area (Å²) in [6.45, 7) is 2.50. The number of hydrogen-bond donors (Lipinski definition) is 3. The number of carbonyl (C=O) groups is 2. The van der Waals surface area contributed by atoms with Gasteiger partial charge in [0.05, 0.1) is 13.1 Å². The summed E-state index contributed by atoms with van der Waals surface area (Å²) < 4.78 is 0. The fourth-order valence-corrected chi connectivity index (χ4v) is 2.04. The molecular weight excluding hydrogens is 206 g/mol. The lowest BCUT2D eigenvalue weighted by Gasteiger charge is -2.20. The van der Waals surface area contributed by atoms with Crippen LogP contribution in [0.1, 0.15) is 32.1 Å². The van der Waals surface area contributed by atoms with Crippen LogP contribution in [-0.2, 0) is 4.79 Å². The fraction of sp³-hybridized carbons (Fsp3) is 0.818. The van der Waals surface area contributed by atoms with Crippen molar-refractivity contribution in [3.63, 3.8) is 0 Å². The predicted octanol–water partition coefficient (Wildman–Crippen LogP) is -0.709. The van der Waals surface area contributed by atoms with Gasteiger partial charge >= 0.3 is 6.03 Å². The molecule has 1 rings (SSSR count). The summed E-state index contributed by atoms with van der Waals surface area (Å²) in [5.41, 5.74) is 0. The summed E-state index contributed by atoms with van der Waals surface area (Å²) in [6, 6.07) is -0.420. The predicted molar refractivity (Wildman–Crippen MR) is 61.2 cm³/mol. The van der Waals surface area contributed by atoms with Gasteiger partial charge in [0.2, 0.25) is 0 Å². The molecule has 1 aliphatic rings. The van der Waals surface area contributed by atoms with E-state index in [0.29, 0.717) is 6.54 Å². The van der Waals surface area contributed by atoms with Gasteiger partial charge in [-0.2, -0.15) is 0 Å². The Kier molecular flexibility index (Phi) is 5.85. The Labute approximate surface area is 96.6 Å². The Morgan fingerprint density at radius 3 is 2.19 bits per heavy atom. The molecule has 3 N–H and O–H groups in total. The zero-order valence-electron chi connectivity index (χ0n) is 9.97. The van der Waals surface area contributed by atoms with Crippen LogP contribution in [0.4, 0.5) is 4.79 Å². The lowest BCUT2D eigenvalue weighted by atomic mass is 10.1. The van der Waals surface area contributed by atoms with Crippen molar-refractivity contribution in [2.24, 2.45) is 0 Å². The van der Waals surface area contributed by atoms with Crippen molar-refractivity contribution < 1.29 is 14.5 Å². The number of amides is 3. The summed E-state index contributed by atoms with van der Waals surface area (Å²) in [5, 5.41) is 4.68. The van der Waals surface area contributed by atoms with Crippen molar-refractivity contribution in [1.29, 1.82) is 0 Å². The van der Waals surface area contributed by atoms with Crippen molar-refractivity contribution in [2.45, 2.75) is 32.1 Å². The van der Waals surface area contributed by atoms with Gasteiger partial charge in [0.1, 0.15) is 0 Å². The van der Waals surface area contributed by atoms with Gasteiger partial charge in [-0.3, -0.25) is 10.1 Å². The largest absolute Gasteiger partial charge is 0.341 e. The molecule has 5 heteroatoms. The first-order valence-corrected chi connectivity index (χ1v) is 6.07. The fourth-order valence-electron chi connectivity index (χ4n) is 2.04. The number of rotatable bonds is 2. The third-order valence-electron chi connectivity index (χ3n) is 2.95. The van der Waals surface area contributed by atoms with Crippen LogP contribution in [0.15, 0.2) is 0 Å². The summed E-state index contributed by atoms with van der Waals surface area (Å²) in [4.78, 5) is 23.7. The highest BCUT2D eigenvalue weighted by atomic mass is 16.2. The van der Waals surface area contributed by atoms with Crippen LogP contribution in [0.2, 0.25) is 0 Å². The molecule has 0 spiro atoms. The minimum Gasteiger partial charge on any atom is -0.341 e. The molecule has 1 heterocycles. The van der Waals surface area contributed by atoms with E-state index in [0.717, 1.165) is 13.1 Å². The van der Waals surface area contributed by atoms with Crippen LogP contribution in [0, 0.1) is 0 Å². The van der Waals surface area contributed by atoms with Crippen LogP contribution >= 0.6 is 0 Å². The first-order chi connectivity index (χ1) is 7.72. The van der Waals surface area contributed by atoms with Crippen LogP contribution in [0.25, 0.3) is 0 Å². The molecule has 0 aliphatic carbocycles. The molecule has 0 radical (unpaired) electrons. The van der Waals surface area contributed by atoms with Crippen LogP contribution in [0.5, 0.6) is 0 Å². The molecule has 0 aromatic heterocycles. The first kappa shape index (κ1) is 13.0. The molecule has 5 nitrogen and oxygen atoms in total. The molecule has 1 saturated heterocycles. The molecule has 0 aromatic rings. The van der Waals surface area contributed by atoms with E-state index in [4.69, 9.17) is 0 Å². The van der Waals surface area contributed by atoms with Crippen LogP contribution in [-0.4, -0.2) is 38.6 Å². The number of imide groups is 1. The Morgan fingerprint density at radius 2 is 1.62 bits per heavy atom. The lowest BCUT2D eigenvalue weighted by molar-refractivity contribution is -0.893. The number of hydrogen-bond acceptors (Lipinski definition) is 2. The van der Waals surface area contributed by atoms with E-state index in [9.17, 15) is 9.59 Å². The molecule has 0 unspecified atom stereocenters. The maximum absolute atomic E-state index is 11.5. The van der Waals surface area contributed by atoms with Crippen molar-refractivity contribution in [2.75, 3.05) is 26.7 Å². The van der Waals surface area contributed by atoms with E-state index < -0.39 is 6.03 Å². The zero-order chi connectivity index (χ0) is 11.8. The van der Waals surface area contributed by atoms with Gasteiger partial charge in [0.25, 0.3) is 5.91 Å². The second kappa shape index (κ2) is 7.22. The minimum absolute atomic E-state index is 0.185. The summed E-state index contributed by atoms with van der Waals surface area (Å²) in [7, 11) is 1.51. The molecular formula is C11H22N3O2+. The van der Waals surface area contributed by atoms with E-state index in [1.165, 1.54) is 44.1 Å². The van der Waals surface area contributed by atoms with Gasteiger partial charge in [-0.15, -0.1) is 0 Å². The highest BCUT2D eigenvalue weighted by molar-refractivity contribution is 5.94. The van der Waals surface area contributed by atoms with Crippen molar-refractivity contribution >= 4 is 11.9 Å². The van der Waals surface area contributed by atoms with Crippen LogP contribution < -0.4 is 15.5 Å². The number of nitrogens with one attached hydrogen (secondary N) is 3. The summed E-state index contributed by atoms with van der Waals surface area (Å²) in [6.07, 6.45) is 6.21. The van der Waals surface area contributed by atoms with Gasteiger partial charge < -0.3 is 10.2 Å². The van der Waals surface area contributed by atoms with Crippen LogP contribution in [0.3, 0.4) is 0 Å². The highest BCUT2D eigenvalue weighted by Gasteiger charge is 2.16. The Balaban J connectivity index is 2.27. The molecule has 16 heavy (non-hydrogen) atoms. The topological polar surface area (TPSA) is 62.6 Å². The second-order valence-electron chi connectivity index (χ2n) is 4.32. The lowest BCUT2D eigenvalue weighted by Crippen LogP contribution is -3.13. The van der Waals surface area contributed by atoms with E-state index in [2.05, 4.69) is 10.6 Å².